The molecule has 32 heavy (non-hydrogen) atoms. The van der Waals surface area contributed by atoms with Gasteiger partial charge in [0.1, 0.15) is 0 Å². The first-order chi connectivity index (χ1) is 15.5. The number of nitrogens with zero attached hydrogens (tertiary/aromatic N) is 2. The topological polar surface area (TPSA) is 37.3 Å². The fourth-order valence-electron chi connectivity index (χ4n) is 4.93. The molecule has 1 saturated heterocycles. The lowest BCUT2D eigenvalue weighted by Crippen LogP contribution is -2.34. The lowest BCUT2D eigenvalue weighted by Gasteiger charge is -2.21. The summed E-state index contributed by atoms with van der Waals surface area (Å²) in [7, 11) is 0. The average Bonchev–Trinajstić information content (AvgIpc) is 3.42. The molecule has 2 aromatic carbocycles. The van der Waals surface area contributed by atoms with Gasteiger partial charge in [0, 0.05) is 43.2 Å². The number of fused-ring (bicyclic) bond motifs is 1. The maximum atomic E-state index is 12.8. The number of carbonyl (C=O) groups excluding carboxylic acids is 1. The molecule has 1 aromatic heterocycles. The van der Waals surface area contributed by atoms with E-state index < -0.39 is 0 Å². The molecule has 1 fully saturated rings. The van der Waals surface area contributed by atoms with Gasteiger partial charge in [-0.2, -0.15) is 0 Å². The van der Waals surface area contributed by atoms with Crippen LogP contribution in [0.2, 0.25) is 0 Å². The second-order valence-electron chi connectivity index (χ2n) is 9.67. The molecule has 3 aromatic rings. The zero-order valence-corrected chi connectivity index (χ0v) is 19.8. The summed E-state index contributed by atoms with van der Waals surface area (Å²) >= 11 is 0. The summed E-state index contributed by atoms with van der Waals surface area (Å²) in [6, 6.07) is 17.4. The van der Waals surface area contributed by atoms with Crippen molar-refractivity contribution in [3.63, 3.8) is 0 Å². The number of hydrogen-bond donors (Lipinski definition) is 1. The van der Waals surface area contributed by atoms with Crippen LogP contribution in [-0.2, 0) is 11.3 Å². The minimum atomic E-state index is 0.165. The number of rotatable bonds is 9. The van der Waals surface area contributed by atoms with Crippen LogP contribution < -0.4 is 5.32 Å². The largest absolute Gasteiger partial charge is 0.355 e. The highest BCUT2D eigenvalue weighted by Gasteiger charge is 2.24. The number of hydrogen-bond acceptors (Lipinski definition) is 2. The maximum Gasteiger partial charge on any atom is 0.220 e. The van der Waals surface area contributed by atoms with E-state index in [4.69, 9.17) is 0 Å². The highest BCUT2D eigenvalue weighted by molar-refractivity contribution is 5.86. The zero-order valence-electron chi connectivity index (χ0n) is 19.8. The highest BCUT2D eigenvalue weighted by Crippen LogP contribution is 2.35. The van der Waals surface area contributed by atoms with Crippen LogP contribution in [0, 0.1) is 12.8 Å². The van der Waals surface area contributed by atoms with Gasteiger partial charge in [0.2, 0.25) is 5.91 Å². The molecule has 1 aliphatic heterocycles. The summed E-state index contributed by atoms with van der Waals surface area (Å²) in [5.74, 6) is 0.752. The fourth-order valence-corrected chi connectivity index (χ4v) is 4.93. The second kappa shape index (κ2) is 10.4. The third-order valence-electron chi connectivity index (χ3n) is 6.85. The molecule has 0 radical (unpaired) electrons. The molecule has 1 N–H and O–H groups in total. The number of carbonyl (C=O) groups is 1. The molecule has 0 saturated carbocycles. The smallest absolute Gasteiger partial charge is 0.220 e. The Bertz CT molecular complexity index is 1030. The molecule has 0 spiro atoms. The third kappa shape index (κ3) is 5.42. The van der Waals surface area contributed by atoms with Gasteiger partial charge in [-0.3, -0.25) is 4.79 Å². The fraction of sp³-hybridized carbons (Fsp3) is 0.464. The molecule has 1 amide bonds. The van der Waals surface area contributed by atoms with Gasteiger partial charge in [-0.25, -0.2) is 0 Å². The molecule has 4 rings (SSSR count). The van der Waals surface area contributed by atoms with Crippen LogP contribution in [0.1, 0.15) is 55.7 Å². The van der Waals surface area contributed by atoms with Gasteiger partial charge in [0.15, 0.2) is 0 Å². The summed E-state index contributed by atoms with van der Waals surface area (Å²) in [4.78, 5) is 15.3. The van der Waals surface area contributed by atoms with E-state index in [9.17, 15) is 4.79 Å². The Balaban J connectivity index is 1.51. The Morgan fingerprint density at radius 3 is 2.47 bits per heavy atom. The summed E-state index contributed by atoms with van der Waals surface area (Å²) in [5.41, 5.74) is 5.10. The molecule has 1 aliphatic rings. The molecule has 0 unspecified atom stereocenters. The first kappa shape index (κ1) is 22.6. The number of aryl methyl sites for hydroxylation is 1. The summed E-state index contributed by atoms with van der Waals surface area (Å²) in [6.45, 7) is 11.5. The monoisotopic (exact) mass is 431 g/mol. The molecule has 0 aliphatic carbocycles. The number of aromatic nitrogens is 1. The van der Waals surface area contributed by atoms with E-state index in [1.165, 1.54) is 53.5 Å². The molecular weight excluding hydrogens is 394 g/mol. The van der Waals surface area contributed by atoms with Gasteiger partial charge in [-0.1, -0.05) is 61.9 Å². The molecule has 1 atom stereocenters. The van der Waals surface area contributed by atoms with E-state index in [1.54, 1.807) is 0 Å². The quantitative estimate of drug-likeness (QED) is 0.497. The number of likely N-dealkylation sites (tertiary alicyclic amines) is 1. The number of nitrogens with one attached hydrogen (secondary N) is 1. The maximum absolute atomic E-state index is 12.8. The van der Waals surface area contributed by atoms with Crippen molar-refractivity contribution in [3.05, 3.63) is 71.4 Å². The van der Waals surface area contributed by atoms with Crippen molar-refractivity contribution < 1.29 is 4.79 Å². The van der Waals surface area contributed by atoms with Gasteiger partial charge in [-0.15, -0.1) is 0 Å². The van der Waals surface area contributed by atoms with Crippen molar-refractivity contribution in [2.45, 2.75) is 52.5 Å². The van der Waals surface area contributed by atoms with E-state index in [2.05, 4.69) is 90.3 Å². The van der Waals surface area contributed by atoms with Crippen LogP contribution in [0.25, 0.3) is 10.9 Å². The van der Waals surface area contributed by atoms with Crippen molar-refractivity contribution in [3.8, 4) is 0 Å². The van der Waals surface area contributed by atoms with Crippen LogP contribution in [0.15, 0.2) is 54.7 Å². The third-order valence-corrected chi connectivity index (χ3v) is 6.85. The normalized spacial score (nSPS) is 15.5. The molecule has 4 nitrogen and oxygen atoms in total. The van der Waals surface area contributed by atoms with Crippen molar-refractivity contribution in [1.82, 2.24) is 14.8 Å². The lowest BCUT2D eigenvalue weighted by atomic mass is 9.85. The summed E-state index contributed by atoms with van der Waals surface area (Å²) < 4.78 is 2.34. The van der Waals surface area contributed by atoms with Gasteiger partial charge in [0.05, 0.1) is 0 Å². The first-order valence-corrected chi connectivity index (χ1v) is 12.1. The predicted octanol–water partition coefficient (Wildman–Crippen LogP) is 5.34. The van der Waals surface area contributed by atoms with E-state index >= 15 is 0 Å². The first-order valence-electron chi connectivity index (χ1n) is 12.1. The van der Waals surface area contributed by atoms with Gasteiger partial charge in [-0.05, 0) is 61.9 Å². The average molecular weight is 432 g/mol. The molecular formula is C28H37N3O. The van der Waals surface area contributed by atoms with Crippen LogP contribution in [0.5, 0.6) is 0 Å². The van der Waals surface area contributed by atoms with Crippen LogP contribution in [0.3, 0.4) is 0 Å². The predicted molar refractivity (Wildman–Crippen MR) is 133 cm³/mol. The van der Waals surface area contributed by atoms with Crippen molar-refractivity contribution in [2.75, 3.05) is 26.2 Å². The van der Waals surface area contributed by atoms with E-state index in [0.29, 0.717) is 12.3 Å². The second-order valence-corrected chi connectivity index (χ2v) is 9.67. The van der Waals surface area contributed by atoms with Crippen molar-refractivity contribution >= 4 is 16.8 Å². The standard InChI is InChI=1S/C28H37N3O/c1-21(2)25(18-28(32)29-14-17-30-15-6-7-16-30)26-20-31(27-9-5-4-8-24(26)27)19-23-12-10-22(3)11-13-23/h4-5,8-13,20-21,25H,6-7,14-19H2,1-3H3,(H,29,32)/t25-/m1/s1. The Morgan fingerprint density at radius 1 is 1.03 bits per heavy atom. The summed E-state index contributed by atoms with van der Waals surface area (Å²) in [6.07, 6.45) is 5.40. The van der Waals surface area contributed by atoms with E-state index in [1.807, 2.05) is 0 Å². The van der Waals surface area contributed by atoms with Crippen molar-refractivity contribution in [1.29, 1.82) is 0 Å². The van der Waals surface area contributed by atoms with Crippen LogP contribution >= 0.6 is 0 Å². The molecule has 2 heterocycles. The van der Waals surface area contributed by atoms with E-state index in [0.717, 1.165) is 19.6 Å². The van der Waals surface area contributed by atoms with Crippen LogP contribution in [0.4, 0.5) is 0 Å². The van der Waals surface area contributed by atoms with Gasteiger partial charge < -0.3 is 14.8 Å². The molecule has 4 heteroatoms. The van der Waals surface area contributed by atoms with Crippen molar-refractivity contribution in [2.24, 2.45) is 5.92 Å². The zero-order chi connectivity index (χ0) is 22.5. The van der Waals surface area contributed by atoms with Gasteiger partial charge in [0.25, 0.3) is 0 Å². The Labute approximate surface area is 192 Å². The molecule has 0 bridgehead atoms. The number of para-hydroxylation sites is 1. The minimum Gasteiger partial charge on any atom is -0.355 e. The Hall–Kier alpha value is -2.59. The number of amides is 1. The highest BCUT2D eigenvalue weighted by atomic mass is 16.1. The van der Waals surface area contributed by atoms with Gasteiger partial charge >= 0.3 is 0 Å². The minimum absolute atomic E-state index is 0.165. The van der Waals surface area contributed by atoms with E-state index in [-0.39, 0.29) is 11.8 Å². The van der Waals surface area contributed by atoms with Crippen LogP contribution in [-0.4, -0.2) is 41.6 Å². The number of benzene rings is 2. The Kier molecular flexibility index (Phi) is 7.31. The lowest BCUT2D eigenvalue weighted by molar-refractivity contribution is -0.121. The summed E-state index contributed by atoms with van der Waals surface area (Å²) in [5, 5.41) is 4.44. The molecule has 170 valence electrons. The SMILES string of the molecule is Cc1ccc(Cn2cc([C@H](CC(=O)NCCN3CCCC3)C(C)C)c3ccccc32)cc1. The Morgan fingerprint density at radius 2 is 1.75 bits per heavy atom.